The van der Waals surface area contributed by atoms with Crippen LogP contribution in [0, 0.1) is 11.3 Å². The van der Waals surface area contributed by atoms with E-state index in [2.05, 4.69) is 49.2 Å². The molecule has 0 radical (unpaired) electrons. The van der Waals surface area contributed by atoms with E-state index < -0.39 is 0 Å². The van der Waals surface area contributed by atoms with Crippen LogP contribution in [0.15, 0.2) is 24.3 Å². The SMILES string of the molecule is CC1Nc2ccccc2CC1C(=O)N1CCC(C)(C)CC1. The minimum absolute atomic E-state index is 0.0705. The Balaban J connectivity index is 1.71. The van der Waals surface area contributed by atoms with Gasteiger partial charge in [-0.2, -0.15) is 0 Å². The van der Waals surface area contributed by atoms with Crippen molar-refractivity contribution in [3.63, 3.8) is 0 Å². The van der Waals surface area contributed by atoms with E-state index in [9.17, 15) is 4.79 Å². The Bertz CT molecular complexity index is 528. The molecule has 2 unspecified atom stereocenters. The second kappa shape index (κ2) is 5.36. The molecule has 0 spiro atoms. The molecule has 2 aliphatic rings. The van der Waals surface area contributed by atoms with Crippen LogP contribution in [0.5, 0.6) is 0 Å². The standard InChI is InChI=1S/C18H26N2O/c1-13-15(12-14-6-4-5-7-16(14)19-13)17(21)20-10-8-18(2,3)9-11-20/h4-7,13,15,19H,8-12H2,1-3H3. The molecule has 1 aromatic rings. The molecule has 3 heteroatoms. The Labute approximate surface area is 127 Å². The smallest absolute Gasteiger partial charge is 0.228 e. The molecular formula is C18H26N2O. The van der Waals surface area contributed by atoms with Crippen LogP contribution < -0.4 is 5.32 Å². The highest BCUT2D eigenvalue weighted by Crippen LogP contribution is 2.33. The van der Waals surface area contributed by atoms with Crippen LogP contribution in [0.25, 0.3) is 0 Å². The molecule has 1 aromatic carbocycles. The number of amides is 1. The monoisotopic (exact) mass is 286 g/mol. The van der Waals surface area contributed by atoms with E-state index in [0.717, 1.165) is 32.4 Å². The largest absolute Gasteiger partial charge is 0.382 e. The van der Waals surface area contributed by atoms with Crippen molar-refractivity contribution >= 4 is 11.6 Å². The lowest BCUT2D eigenvalue weighted by Gasteiger charge is -2.40. The van der Waals surface area contributed by atoms with Crippen LogP contribution in [-0.2, 0) is 11.2 Å². The average molecular weight is 286 g/mol. The van der Waals surface area contributed by atoms with Crippen molar-refractivity contribution in [2.24, 2.45) is 11.3 Å². The van der Waals surface area contributed by atoms with Gasteiger partial charge in [-0.3, -0.25) is 4.79 Å². The predicted octanol–water partition coefficient (Wildman–Crippen LogP) is 3.31. The van der Waals surface area contributed by atoms with Crippen molar-refractivity contribution in [2.75, 3.05) is 18.4 Å². The number of likely N-dealkylation sites (tertiary alicyclic amines) is 1. The van der Waals surface area contributed by atoms with E-state index in [1.807, 2.05) is 6.07 Å². The lowest BCUT2D eigenvalue weighted by Crippen LogP contribution is -2.49. The Morgan fingerprint density at radius 1 is 1.24 bits per heavy atom. The fraction of sp³-hybridized carbons (Fsp3) is 0.611. The number of nitrogens with zero attached hydrogens (tertiary/aromatic N) is 1. The molecule has 1 N–H and O–H groups in total. The number of fused-ring (bicyclic) bond motifs is 1. The minimum Gasteiger partial charge on any atom is -0.382 e. The maximum absolute atomic E-state index is 12.9. The van der Waals surface area contributed by atoms with Crippen molar-refractivity contribution in [3.05, 3.63) is 29.8 Å². The zero-order chi connectivity index (χ0) is 15.0. The number of carbonyl (C=O) groups excluding carboxylic acids is 1. The summed E-state index contributed by atoms with van der Waals surface area (Å²) in [6, 6.07) is 8.56. The lowest BCUT2D eigenvalue weighted by molar-refractivity contribution is -0.138. The van der Waals surface area contributed by atoms with Crippen LogP contribution in [-0.4, -0.2) is 29.9 Å². The summed E-state index contributed by atoms with van der Waals surface area (Å²) in [6.07, 6.45) is 3.09. The van der Waals surface area contributed by atoms with E-state index in [1.54, 1.807) is 0 Å². The Hall–Kier alpha value is -1.51. The number of piperidine rings is 1. The van der Waals surface area contributed by atoms with Gasteiger partial charge in [-0.05, 0) is 43.2 Å². The van der Waals surface area contributed by atoms with Crippen LogP contribution >= 0.6 is 0 Å². The molecule has 114 valence electrons. The zero-order valence-corrected chi connectivity index (χ0v) is 13.4. The maximum Gasteiger partial charge on any atom is 0.228 e. The Morgan fingerprint density at radius 2 is 1.90 bits per heavy atom. The van der Waals surface area contributed by atoms with E-state index in [0.29, 0.717) is 11.3 Å². The quantitative estimate of drug-likeness (QED) is 0.859. The first kappa shape index (κ1) is 14.4. The molecule has 0 aromatic heterocycles. The summed E-state index contributed by atoms with van der Waals surface area (Å²) in [7, 11) is 0. The van der Waals surface area contributed by atoms with Crippen LogP contribution in [0.2, 0.25) is 0 Å². The van der Waals surface area contributed by atoms with E-state index in [1.165, 1.54) is 11.3 Å². The van der Waals surface area contributed by atoms with Crippen molar-refractivity contribution in [1.82, 2.24) is 4.90 Å². The van der Waals surface area contributed by atoms with Gasteiger partial charge in [0.1, 0.15) is 0 Å². The van der Waals surface area contributed by atoms with Crippen LogP contribution in [0.3, 0.4) is 0 Å². The molecule has 0 aliphatic carbocycles. The number of nitrogens with one attached hydrogen (secondary N) is 1. The van der Waals surface area contributed by atoms with Gasteiger partial charge >= 0.3 is 0 Å². The van der Waals surface area contributed by atoms with Gasteiger partial charge in [0.15, 0.2) is 0 Å². The molecule has 21 heavy (non-hydrogen) atoms. The summed E-state index contributed by atoms with van der Waals surface area (Å²) in [6.45, 7) is 8.56. The van der Waals surface area contributed by atoms with Crippen molar-refractivity contribution in [3.8, 4) is 0 Å². The number of carbonyl (C=O) groups is 1. The molecule has 0 bridgehead atoms. The highest BCUT2D eigenvalue weighted by atomic mass is 16.2. The average Bonchev–Trinajstić information content (AvgIpc) is 2.46. The Kier molecular flexibility index (Phi) is 3.68. The predicted molar refractivity (Wildman–Crippen MR) is 86.3 cm³/mol. The number of rotatable bonds is 1. The molecule has 1 fully saturated rings. The number of hydrogen-bond donors (Lipinski definition) is 1. The van der Waals surface area contributed by atoms with Crippen molar-refractivity contribution < 1.29 is 4.79 Å². The van der Waals surface area contributed by atoms with Crippen LogP contribution in [0.4, 0.5) is 5.69 Å². The van der Waals surface area contributed by atoms with E-state index >= 15 is 0 Å². The number of hydrogen-bond acceptors (Lipinski definition) is 2. The summed E-state index contributed by atoms with van der Waals surface area (Å²) >= 11 is 0. The maximum atomic E-state index is 12.9. The Morgan fingerprint density at radius 3 is 2.62 bits per heavy atom. The lowest BCUT2D eigenvalue weighted by atomic mass is 9.81. The molecule has 0 saturated carbocycles. The molecule has 2 heterocycles. The molecule has 2 atom stereocenters. The highest BCUT2D eigenvalue weighted by molar-refractivity contribution is 5.81. The van der Waals surface area contributed by atoms with Crippen molar-refractivity contribution in [2.45, 2.75) is 46.1 Å². The third kappa shape index (κ3) is 2.92. The van der Waals surface area contributed by atoms with Gasteiger partial charge in [-0.25, -0.2) is 0 Å². The molecule has 3 nitrogen and oxygen atoms in total. The second-order valence-electron chi connectivity index (χ2n) is 7.39. The van der Waals surface area contributed by atoms with Crippen LogP contribution in [0.1, 0.15) is 39.2 Å². The highest BCUT2D eigenvalue weighted by Gasteiger charge is 2.35. The third-order valence-corrected chi connectivity index (χ3v) is 5.19. The zero-order valence-electron chi connectivity index (χ0n) is 13.4. The summed E-state index contributed by atoms with van der Waals surface area (Å²) in [5.74, 6) is 0.404. The first-order valence-electron chi connectivity index (χ1n) is 8.09. The van der Waals surface area contributed by atoms with Gasteiger partial charge in [-0.15, -0.1) is 0 Å². The normalized spacial score (nSPS) is 27.7. The topological polar surface area (TPSA) is 32.3 Å². The molecule has 2 aliphatic heterocycles. The summed E-state index contributed by atoms with van der Waals surface area (Å²) in [5, 5.41) is 3.50. The molecule has 1 saturated heterocycles. The van der Waals surface area contributed by atoms with Crippen molar-refractivity contribution in [1.29, 1.82) is 0 Å². The molecule has 1 amide bonds. The number of anilines is 1. The van der Waals surface area contributed by atoms with E-state index in [4.69, 9.17) is 0 Å². The second-order valence-corrected chi connectivity index (χ2v) is 7.39. The van der Waals surface area contributed by atoms with Gasteiger partial charge in [0, 0.05) is 24.8 Å². The number of para-hydroxylation sites is 1. The fourth-order valence-electron chi connectivity index (χ4n) is 3.47. The van der Waals surface area contributed by atoms with Gasteiger partial charge in [-0.1, -0.05) is 32.0 Å². The molecule has 3 rings (SSSR count). The van der Waals surface area contributed by atoms with Gasteiger partial charge in [0.05, 0.1) is 5.92 Å². The minimum atomic E-state index is 0.0705. The summed E-state index contributed by atoms with van der Waals surface area (Å²) in [5.41, 5.74) is 2.85. The molecular weight excluding hydrogens is 260 g/mol. The number of benzene rings is 1. The van der Waals surface area contributed by atoms with Gasteiger partial charge in [0.25, 0.3) is 0 Å². The van der Waals surface area contributed by atoms with Gasteiger partial charge < -0.3 is 10.2 Å². The summed E-state index contributed by atoms with van der Waals surface area (Å²) in [4.78, 5) is 15.0. The summed E-state index contributed by atoms with van der Waals surface area (Å²) < 4.78 is 0. The first-order chi connectivity index (χ1) is 9.96. The first-order valence-corrected chi connectivity index (χ1v) is 8.09. The third-order valence-electron chi connectivity index (χ3n) is 5.19. The fourth-order valence-corrected chi connectivity index (χ4v) is 3.47. The van der Waals surface area contributed by atoms with Gasteiger partial charge in [0.2, 0.25) is 5.91 Å². The van der Waals surface area contributed by atoms with E-state index in [-0.39, 0.29) is 12.0 Å².